The number of carbonyl (C=O) groups excluding carboxylic acids is 1. The Morgan fingerprint density at radius 3 is 2.29 bits per heavy atom. The van der Waals surface area contributed by atoms with Crippen LogP contribution in [-0.2, 0) is 11.3 Å². The average molecular weight is 292 g/mol. The minimum Gasteiger partial charge on any atom is -0.411 e. The summed E-state index contributed by atoms with van der Waals surface area (Å²) in [7, 11) is 0. The maximum Gasteiger partial charge on any atom is 0.288 e. The molecule has 0 atom stereocenters. The molecule has 0 saturated carbocycles. The van der Waals surface area contributed by atoms with E-state index in [1.807, 2.05) is 34.0 Å². The molecule has 1 aromatic heterocycles. The Labute approximate surface area is 126 Å². The van der Waals surface area contributed by atoms with Crippen LogP contribution in [0.5, 0.6) is 0 Å². The highest BCUT2D eigenvalue weighted by Crippen LogP contribution is 2.00. The van der Waals surface area contributed by atoms with Gasteiger partial charge in [0.05, 0.1) is 6.21 Å². The van der Waals surface area contributed by atoms with E-state index in [0.717, 1.165) is 44.3 Å². The van der Waals surface area contributed by atoms with Crippen LogP contribution in [0.15, 0.2) is 29.7 Å². The SMILES string of the molecule is CCCCN(CCCC)C(=O)C[n+]1ccc(C=NO)cc1. The summed E-state index contributed by atoms with van der Waals surface area (Å²) in [4.78, 5) is 14.3. The van der Waals surface area contributed by atoms with Crippen LogP contribution in [0.1, 0.15) is 45.1 Å². The number of hydrogen-bond donors (Lipinski definition) is 1. The summed E-state index contributed by atoms with van der Waals surface area (Å²) in [5.74, 6) is 0.158. The van der Waals surface area contributed by atoms with Gasteiger partial charge in [0, 0.05) is 30.8 Å². The first kappa shape index (κ1) is 17.1. The van der Waals surface area contributed by atoms with Crippen molar-refractivity contribution in [3.63, 3.8) is 0 Å². The Morgan fingerprint density at radius 2 is 1.81 bits per heavy atom. The number of pyridine rings is 1. The van der Waals surface area contributed by atoms with Crippen molar-refractivity contribution in [2.45, 2.75) is 46.1 Å². The van der Waals surface area contributed by atoms with Gasteiger partial charge in [0.2, 0.25) is 6.54 Å². The molecule has 0 aliphatic heterocycles. The molecule has 0 bridgehead atoms. The molecule has 1 heterocycles. The van der Waals surface area contributed by atoms with E-state index in [2.05, 4.69) is 19.0 Å². The van der Waals surface area contributed by atoms with Crippen LogP contribution in [0, 0.1) is 0 Å². The fourth-order valence-corrected chi connectivity index (χ4v) is 2.04. The lowest BCUT2D eigenvalue weighted by molar-refractivity contribution is -0.685. The molecule has 1 aromatic rings. The van der Waals surface area contributed by atoms with Crippen LogP contribution in [0.4, 0.5) is 0 Å². The predicted octanol–water partition coefficient (Wildman–Crippen LogP) is 2.21. The molecule has 0 fully saturated rings. The Hall–Kier alpha value is -1.91. The van der Waals surface area contributed by atoms with E-state index in [0.29, 0.717) is 6.54 Å². The molecule has 0 aromatic carbocycles. The van der Waals surface area contributed by atoms with Crippen molar-refractivity contribution in [2.75, 3.05) is 13.1 Å². The van der Waals surface area contributed by atoms with Crippen molar-refractivity contribution in [2.24, 2.45) is 5.16 Å². The molecule has 1 amide bonds. The maximum atomic E-state index is 12.4. The minimum absolute atomic E-state index is 0.158. The number of nitrogens with zero attached hydrogens (tertiary/aromatic N) is 3. The zero-order valence-electron chi connectivity index (χ0n) is 13.0. The highest BCUT2D eigenvalue weighted by atomic mass is 16.4. The zero-order chi connectivity index (χ0) is 15.5. The number of amides is 1. The van der Waals surface area contributed by atoms with Gasteiger partial charge in [-0.3, -0.25) is 4.79 Å². The molecule has 1 rings (SSSR count). The number of carbonyl (C=O) groups is 1. The molecular formula is C16H26N3O2+. The first-order valence-corrected chi connectivity index (χ1v) is 7.65. The van der Waals surface area contributed by atoms with E-state index in [4.69, 9.17) is 5.21 Å². The van der Waals surface area contributed by atoms with Gasteiger partial charge in [-0.25, -0.2) is 0 Å². The van der Waals surface area contributed by atoms with Crippen molar-refractivity contribution >= 4 is 12.1 Å². The van der Waals surface area contributed by atoms with E-state index in [1.54, 1.807) is 0 Å². The lowest BCUT2D eigenvalue weighted by Gasteiger charge is -2.20. The molecule has 5 heteroatoms. The summed E-state index contributed by atoms with van der Waals surface area (Å²) < 4.78 is 1.85. The van der Waals surface area contributed by atoms with Crippen molar-refractivity contribution in [1.29, 1.82) is 0 Å². The van der Waals surface area contributed by atoms with Gasteiger partial charge in [0.1, 0.15) is 0 Å². The van der Waals surface area contributed by atoms with Gasteiger partial charge >= 0.3 is 0 Å². The Bertz CT molecular complexity index is 435. The van der Waals surface area contributed by atoms with E-state index in [1.165, 1.54) is 6.21 Å². The number of unbranched alkanes of at least 4 members (excludes halogenated alkanes) is 2. The highest BCUT2D eigenvalue weighted by Gasteiger charge is 2.16. The van der Waals surface area contributed by atoms with Gasteiger partial charge in [-0.1, -0.05) is 31.8 Å². The monoisotopic (exact) mass is 292 g/mol. The van der Waals surface area contributed by atoms with Crippen molar-refractivity contribution < 1.29 is 14.6 Å². The summed E-state index contributed by atoms with van der Waals surface area (Å²) in [5.41, 5.74) is 0.801. The normalized spacial score (nSPS) is 11.0. The minimum atomic E-state index is 0.158. The summed E-state index contributed by atoms with van der Waals surface area (Å²) in [6.45, 7) is 6.30. The van der Waals surface area contributed by atoms with Crippen LogP contribution < -0.4 is 4.57 Å². The van der Waals surface area contributed by atoms with Crippen LogP contribution in [0.2, 0.25) is 0 Å². The van der Waals surface area contributed by atoms with Crippen LogP contribution in [0.3, 0.4) is 0 Å². The second-order valence-electron chi connectivity index (χ2n) is 5.14. The van der Waals surface area contributed by atoms with Gasteiger partial charge in [0.25, 0.3) is 5.91 Å². The summed E-state index contributed by atoms with van der Waals surface area (Å²) >= 11 is 0. The van der Waals surface area contributed by atoms with Gasteiger partial charge in [-0.15, -0.1) is 0 Å². The van der Waals surface area contributed by atoms with Crippen LogP contribution in [-0.4, -0.2) is 35.3 Å². The van der Waals surface area contributed by atoms with Gasteiger partial charge < -0.3 is 10.1 Å². The second kappa shape index (κ2) is 9.91. The number of aromatic nitrogens is 1. The molecule has 0 aliphatic rings. The van der Waals surface area contributed by atoms with Crippen LogP contribution >= 0.6 is 0 Å². The number of rotatable bonds is 9. The van der Waals surface area contributed by atoms with E-state index in [-0.39, 0.29) is 5.91 Å². The lowest BCUT2D eigenvalue weighted by Crippen LogP contribution is -2.45. The van der Waals surface area contributed by atoms with Gasteiger partial charge in [0.15, 0.2) is 12.4 Å². The van der Waals surface area contributed by atoms with E-state index in [9.17, 15) is 4.79 Å². The molecule has 5 nitrogen and oxygen atoms in total. The summed E-state index contributed by atoms with van der Waals surface area (Å²) in [6, 6.07) is 3.63. The zero-order valence-corrected chi connectivity index (χ0v) is 13.0. The van der Waals surface area contributed by atoms with E-state index >= 15 is 0 Å². The molecule has 0 unspecified atom stereocenters. The Kier molecular flexibility index (Phi) is 8.09. The van der Waals surface area contributed by atoms with E-state index < -0.39 is 0 Å². The van der Waals surface area contributed by atoms with Gasteiger partial charge in [-0.05, 0) is 12.8 Å². The maximum absolute atomic E-state index is 12.4. The third-order valence-electron chi connectivity index (χ3n) is 3.36. The quantitative estimate of drug-likeness (QED) is 0.328. The molecule has 0 spiro atoms. The Morgan fingerprint density at radius 1 is 1.24 bits per heavy atom. The predicted molar refractivity (Wildman–Crippen MR) is 82.4 cm³/mol. The second-order valence-corrected chi connectivity index (χ2v) is 5.14. The third kappa shape index (κ3) is 6.38. The van der Waals surface area contributed by atoms with Gasteiger partial charge in [-0.2, -0.15) is 4.57 Å². The molecule has 0 aliphatic carbocycles. The molecule has 21 heavy (non-hydrogen) atoms. The fourth-order valence-electron chi connectivity index (χ4n) is 2.04. The highest BCUT2D eigenvalue weighted by molar-refractivity contribution is 5.78. The van der Waals surface area contributed by atoms with Crippen LogP contribution in [0.25, 0.3) is 0 Å². The molecule has 1 N–H and O–H groups in total. The smallest absolute Gasteiger partial charge is 0.288 e. The van der Waals surface area contributed by atoms with Crippen molar-refractivity contribution in [3.8, 4) is 0 Å². The fraction of sp³-hybridized carbons (Fsp3) is 0.562. The van der Waals surface area contributed by atoms with Crippen molar-refractivity contribution in [3.05, 3.63) is 30.1 Å². The first-order valence-electron chi connectivity index (χ1n) is 7.65. The molecular weight excluding hydrogens is 266 g/mol. The molecule has 0 radical (unpaired) electrons. The third-order valence-corrected chi connectivity index (χ3v) is 3.36. The van der Waals surface area contributed by atoms with Crippen molar-refractivity contribution in [1.82, 2.24) is 4.90 Å². The molecule has 0 saturated heterocycles. The first-order chi connectivity index (χ1) is 10.2. The number of hydrogen-bond acceptors (Lipinski definition) is 3. The Balaban J connectivity index is 2.61. The summed E-state index contributed by atoms with van der Waals surface area (Å²) in [5, 5.41) is 11.5. The topological polar surface area (TPSA) is 56.8 Å². The summed E-state index contributed by atoms with van der Waals surface area (Å²) in [6.07, 6.45) is 9.30. The number of oxime groups is 1. The molecule has 116 valence electrons. The average Bonchev–Trinajstić information content (AvgIpc) is 2.49. The largest absolute Gasteiger partial charge is 0.411 e. The standard InChI is InChI=1S/C16H25N3O2/c1-3-5-9-19(10-6-4-2)16(20)14-18-11-7-15(8-12-18)13-17-21/h7-8,11-13H,3-6,9-10,14H2,1-2H3/p+1. The lowest BCUT2D eigenvalue weighted by atomic mass is 10.2.